The maximum Gasteiger partial charge on any atom is 0.325 e. The molecule has 1 aromatic heterocycles. The Balaban J connectivity index is 2.11. The topological polar surface area (TPSA) is 118 Å². The van der Waals surface area contributed by atoms with Crippen molar-refractivity contribution < 1.29 is 18.8 Å². The van der Waals surface area contributed by atoms with Crippen LogP contribution in [0.1, 0.15) is 10.6 Å². The first-order chi connectivity index (χ1) is 8.50. The van der Waals surface area contributed by atoms with E-state index in [-0.39, 0.29) is 5.76 Å². The third kappa shape index (κ3) is 2.05. The van der Waals surface area contributed by atoms with Crippen molar-refractivity contribution in [3.05, 3.63) is 24.2 Å². The standard InChI is InChI=1S/C10H12N4O4/c1-14-7(11)6(9(16)13-10(14)17)12-8(15)5-3-2-4-18-5/h2-4,6-7H,11H2,1H3,(H,12,15)(H,13,16,17). The van der Waals surface area contributed by atoms with E-state index >= 15 is 0 Å². The summed E-state index contributed by atoms with van der Waals surface area (Å²) in [7, 11) is 1.43. The lowest BCUT2D eigenvalue weighted by molar-refractivity contribution is -0.125. The molecule has 2 unspecified atom stereocenters. The van der Waals surface area contributed by atoms with Gasteiger partial charge in [0.15, 0.2) is 5.76 Å². The fourth-order valence-corrected chi connectivity index (χ4v) is 1.56. The molecular formula is C10H12N4O4. The smallest absolute Gasteiger partial charge is 0.325 e. The zero-order valence-electron chi connectivity index (χ0n) is 9.54. The Bertz CT molecular complexity index is 484. The van der Waals surface area contributed by atoms with Gasteiger partial charge in [-0.05, 0) is 12.1 Å². The summed E-state index contributed by atoms with van der Waals surface area (Å²) in [6.45, 7) is 0. The Morgan fingerprint density at radius 1 is 1.56 bits per heavy atom. The van der Waals surface area contributed by atoms with Gasteiger partial charge in [0.1, 0.15) is 12.2 Å². The van der Waals surface area contributed by atoms with Crippen molar-refractivity contribution in [3.8, 4) is 0 Å². The predicted molar refractivity (Wildman–Crippen MR) is 59.2 cm³/mol. The van der Waals surface area contributed by atoms with Gasteiger partial charge in [0.2, 0.25) is 0 Å². The molecule has 1 aromatic rings. The van der Waals surface area contributed by atoms with Gasteiger partial charge in [0.25, 0.3) is 11.8 Å². The quantitative estimate of drug-likeness (QED) is 0.614. The summed E-state index contributed by atoms with van der Waals surface area (Å²) in [5.74, 6) is -1.15. The largest absolute Gasteiger partial charge is 0.459 e. The van der Waals surface area contributed by atoms with Crippen molar-refractivity contribution in [3.63, 3.8) is 0 Å². The Morgan fingerprint density at radius 2 is 2.28 bits per heavy atom. The molecule has 18 heavy (non-hydrogen) atoms. The number of nitrogens with zero attached hydrogens (tertiary/aromatic N) is 1. The SMILES string of the molecule is CN1C(=O)NC(=O)C(NC(=O)c2ccco2)C1N. The molecule has 1 aliphatic rings. The number of carbonyl (C=O) groups is 3. The maximum atomic E-state index is 11.7. The van der Waals surface area contributed by atoms with Crippen LogP contribution in [-0.4, -0.2) is 42.0 Å². The minimum Gasteiger partial charge on any atom is -0.459 e. The Kier molecular flexibility index (Phi) is 3.02. The van der Waals surface area contributed by atoms with E-state index in [1.807, 2.05) is 0 Å². The third-order valence-electron chi connectivity index (χ3n) is 2.65. The minimum atomic E-state index is -1.02. The van der Waals surface area contributed by atoms with Crippen LogP contribution in [0.15, 0.2) is 22.8 Å². The lowest BCUT2D eigenvalue weighted by atomic mass is 10.1. The maximum absolute atomic E-state index is 11.7. The molecule has 0 radical (unpaired) electrons. The summed E-state index contributed by atoms with van der Waals surface area (Å²) in [4.78, 5) is 35.7. The number of nitrogens with two attached hydrogens (primary N) is 1. The highest BCUT2D eigenvalue weighted by atomic mass is 16.3. The van der Waals surface area contributed by atoms with Crippen molar-refractivity contribution in [1.29, 1.82) is 0 Å². The molecule has 4 amide bonds. The third-order valence-corrected chi connectivity index (χ3v) is 2.65. The van der Waals surface area contributed by atoms with E-state index in [2.05, 4.69) is 10.6 Å². The van der Waals surface area contributed by atoms with Crippen molar-refractivity contribution in [2.24, 2.45) is 5.73 Å². The second kappa shape index (κ2) is 4.49. The van der Waals surface area contributed by atoms with Crippen molar-refractivity contribution in [2.45, 2.75) is 12.2 Å². The first-order valence-electron chi connectivity index (χ1n) is 5.18. The highest BCUT2D eigenvalue weighted by molar-refractivity contribution is 6.03. The Morgan fingerprint density at radius 3 is 2.89 bits per heavy atom. The van der Waals surface area contributed by atoms with E-state index in [1.165, 1.54) is 19.4 Å². The summed E-state index contributed by atoms with van der Waals surface area (Å²) in [5, 5.41) is 4.49. The number of urea groups is 1. The van der Waals surface area contributed by atoms with E-state index < -0.39 is 30.1 Å². The Labute approximate surface area is 102 Å². The molecule has 96 valence electrons. The average Bonchev–Trinajstić information content (AvgIpc) is 2.85. The van der Waals surface area contributed by atoms with Crippen LogP contribution < -0.4 is 16.4 Å². The van der Waals surface area contributed by atoms with E-state index in [9.17, 15) is 14.4 Å². The van der Waals surface area contributed by atoms with Gasteiger partial charge in [-0.15, -0.1) is 0 Å². The fourth-order valence-electron chi connectivity index (χ4n) is 1.56. The van der Waals surface area contributed by atoms with Crippen LogP contribution >= 0.6 is 0 Å². The van der Waals surface area contributed by atoms with Gasteiger partial charge in [0.05, 0.1) is 6.26 Å². The van der Waals surface area contributed by atoms with Gasteiger partial charge >= 0.3 is 6.03 Å². The van der Waals surface area contributed by atoms with Gasteiger partial charge in [-0.1, -0.05) is 0 Å². The highest BCUT2D eigenvalue weighted by Gasteiger charge is 2.38. The highest BCUT2D eigenvalue weighted by Crippen LogP contribution is 2.06. The number of imide groups is 1. The van der Waals surface area contributed by atoms with Gasteiger partial charge in [-0.2, -0.15) is 0 Å². The molecule has 1 saturated heterocycles. The second-order valence-electron chi connectivity index (χ2n) is 3.82. The zero-order valence-corrected chi connectivity index (χ0v) is 9.54. The lowest BCUT2D eigenvalue weighted by Crippen LogP contribution is -2.69. The van der Waals surface area contributed by atoms with Crippen LogP contribution in [0.3, 0.4) is 0 Å². The number of rotatable bonds is 2. The number of carbonyl (C=O) groups excluding carboxylic acids is 3. The fraction of sp³-hybridized carbons (Fsp3) is 0.300. The zero-order chi connectivity index (χ0) is 13.3. The molecule has 4 N–H and O–H groups in total. The van der Waals surface area contributed by atoms with Gasteiger partial charge in [-0.25, -0.2) is 4.79 Å². The average molecular weight is 252 g/mol. The molecule has 8 nitrogen and oxygen atoms in total. The molecule has 2 rings (SSSR count). The predicted octanol–water partition coefficient (Wildman–Crippen LogP) is -1.16. The van der Waals surface area contributed by atoms with Gasteiger partial charge in [-0.3, -0.25) is 14.9 Å². The van der Waals surface area contributed by atoms with Crippen LogP contribution in [-0.2, 0) is 4.79 Å². The number of nitrogens with one attached hydrogen (secondary N) is 2. The molecule has 1 fully saturated rings. The molecule has 0 aliphatic carbocycles. The van der Waals surface area contributed by atoms with Crippen LogP contribution in [0.25, 0.3) is 0 Å². The number of furan rings is 1. The molecule has 0 spiro atoms. The van der Waals surface area contributed by atoms with Crippen LogP contribution in [0.2, 0.25) is 0 Å². The minimum absolute atomic E-state index is 0.0644. The molecule has 8 heteroatoms. The van der Waals surface area contributed by atoms with Crippen molar-refractivity contribution in [2.75, 3.05) is 7.05 Å². The summed E-state index contributed by atoms with van der Waals surface area (Å²) in [6, 6.07) is 1.38. The molecule has 0 bridgehead atoms. The summed E-state index contributed by atoms with van der Waals surface area (Å²) >= 11 is 0. The first kappa shape index (κ1) is 12.1. The lowest BCUT2D eigenvalue weighted by Gasteiger charge is -2.35. The molecule has 0 saturated carbocycles. The summed E-state index contributed by atoms with van der Waals surface area (Å²) < 4.78 is 4.89. The summed E-state index contributed by atoms with van der Waals surface area (Å²) in [6.07, 6.45) is 0.413. The molecule has 0 aromatic carbocycles. The van der Waals surface area contributed by atoms with Crippen LogP contribution in [0.5, 0.6) is 0 Å². The van der Waals surface area contributed by atoms with E-state index in [0.29, 0.717) is 0 Å². The first-order valence-corrected chi connectivity index (χ1v) is 5.18. The molecule has 2 heterocycles. The number of likely N-dealkylation sites (N-methyl/N-ethyl adjacent to an activating group) is 1. The number of hydrogen-bond donors (Lipinski definition) is 3. The van der Waals surface area contributed by atoms with Gasteiger partial charge < -0.3 is 20.4 Å². The molecular weight excluding hydrogens is 240 g/mol. The summed E-state index contributed by atoms with van der Waals surface area (Å²) in [5.41, 5.74) is 5.70. The monoisotopic (exact) mass is 252 g/mol. The number of hydrogen-bond acceptors (Lipinski definition) is 5. The van der Waals surface area contributed by atoms with Crippen LogP contribution in [0.4, 0.5) is 4.79 Å². The second-order valence-corrected chi connectivity index (χ2v) is 3.82. The normalized spacial score (nSPS) is 23.8. The molecule has 2 atom stereocenters. The van der Waals surface area contributed by atoms with E-state index in [0.717, 1.165) is 4.90 Å². The van der Waals surface area contributed by atoms with Crippen molar-refractivity contribution >= 4 is 17.8 Å². The number of amides is 4. The van der Waals surface area contributed by atoms with Gasteiger partial charge in [0, 0.05) is 7.05 Å². The Hall–Kier alpha value is -2.35. The van der Waals surface area contributed by atoms with E-state index in [4.69, 9.17) is 10.2 Å². The van der Waals surface area contributed by atoms with Crippen molar-refractivity contribution in [1.82, 2.24) is 15.5 Å². The molecule has 1 aliphatic heterocycles. The van der Waals surface area contributed by atoms with Crippen LogP contribution in [0, 0.1) is 0 Å². The van der Waals surface area contributed by atoms with E-state index in [1.54, 1.807) is 6.07 Å².